The SMILES string of the molecule is CC(C)CCN(C)C1CN(C(=O)C(C)C)C1. The molecule has 16 heavy (non-hydrogen) atoms. The lowest BCUT2D eigenvalue weighted by atomic mass is 10.0. The highest BCUT2D eigenvalue weighted by atomic mass is 16.2. The molecular formula is C13H26N2O. The summed E-state index contributed by atoms with van der Waals surface area (Å²) in [5.41, 5.74) is 0. The molecule has 1 aliphatic rings. The lowest BCUT2D eigenvalue weighted by Crippen LogP contribution is -2.61. The maximum absolute atomic E-state index is 11.7. The molecule has 1 fully saturated rings. The van der Waals surface area contributed by atoms with Crippen LogP contribution in [0.5, 0.6) is 0 Å². The van der Waals surface area contributed by atoms with E-state index in [-0.39, 0.29) is 5.92 Å². The molecule has 0 aromatic carbocycles. The number of nitrogens with zero attached hydrogens (tertiary/aromatic N) is 2. The zero-order chi connectivity index (χ0) is 12.3. The summed E-state index contributed by atoms with van der Waals surface area (Å²) in [4.78, 5) is 16.0. The number of likely N-dealkylation sites (tertiary alicyclic amines) is 1. The quantitative estimate of drug-likeness (QED) is 0.714. The summed E-state index contributed by atoms with van der Waals surface area (Å²) in [5, 5.41) is 0. The molecule has 94 valence electrons. The van der Waals surface area contributed by atoms with Gasteiger partial charge in [0.1, 0.15) is 0 Å². The van der Waals surface area contributed by atoms with Crippen LogP contribution in [-0.2, 0) is 4.79 Å². The minimum absolute atomic E-state index is 0.141. The number of carbonyl (C=O) groups excluding carboxylic acids is 1. The Morgan fingerprint density at radius 2 is 1.88 bits per heavy atom. The first-order chi connectivity index (χ1) is 7.41. The van der Waals surface area contributed by atoms with Gasteiger partial charge in [-0.05, 0) is 25.9 Å². The predicted octanol–water partition coefficient (Wildman–Crippen LogP) is 1.83. The molecule has 3 nitrogen and oxygen atoms in total. The minimum atomic E-state index is 0.141. The Balaban J connectivity index is 2.22. The third-order valence-corrected chi connectivity index (χ3v) is 3.35. The van der Waals surface area contributed by atoms with Crippen molar-refractivity contribution >= 4 is 5.91 Å². The first-order valence-corrected chi connectivity index (χ1v) is 6.40. The summed E-state index contributed by atoms with van der Waals surface area (Å²) in [7, 11) is 2.17. The van der Waals surface area contributed by atoms with Crippen LogP contribution in [0.15, 0.2) is 0 Å². The second-order valence-electron chi connectivity index (χ2n) is 5.71. The van der Waals surface area contributed by atoms with Crippen LogP contribution in [0.1, 0.15) is 34.1 Å². The van der Waals surface area contributed by atoms with Gasteiger partial charge in [-0.1, -0.05) is 27.7 Å². The third-order valence-electron chi connectivity index (χ3n) is 3.35. The summed E-state index contributed by atoms with van der Waals surface area (Å²) in [5.74, 6) is 1.20. The maximum atomic E-state index is 11.7. The van der Waals surface area contributed by atoms with Crippen molar-refractivity contribution in [3.05, 3.63) is 0 Å². The van der Waals surface area contributed by atoms with Crippen LogP contribution in [0.25, 0.3) is 0 Å². The number of likely N-dealkylation sites (N-methyl/N-ethyl adjacent to an activating group) is 1. The van der Waals surface area contributed by atoms with E-state index in [2.05, 4.69) is 25.8 Å². The highest BCUT2D eigenvalue weighted by Crippen LogP contribution is 2.17. The first-order valence-electron chi connectivity index (χ1n) is 6.40. The number of amides is 1. The van der Waals surface area contributed by atoms with Crippen LogP contribution >= 0.6 is 0 Å². The predicted molar refractivity (Wildman–Crippen MR) is 67.3 cm³/mol. The van der Waals surface area contributed by atoms with E-state index in [1.54, 1.807) is 0 Å². The number of hydrogen-bond acceptors (Lipinski definition) is 2. The van der Waals surface area contributed by atoms with Gasteiger partial charge in [0.2, 0.25) is 5.91 Å². The molecular weight excluding hydrogens is 200 g/mol. The molecule has 0 aliphatic carbocycles. The van der Waals surface area contributed by atoms with E-state index < -0.39 is 0 Å². The van der Waals surface area contributed by atoms with Crippen molar-refractivity contribution in [1.29, 1.82) is 0 Å². The van der Waals surface area contributed by atoms with E-state index in [9.17, 15) is 4.79 Å². The van der Waals surface area contributed by atoms with Crippen molar-refractivity contribution < 1.29 is 4.79 Å². The van der Waals surface area contributed by atoms with E-state index in [0.29, 0.717) is 11.9 Å². The van der Waals surface area contributed by atoms with E-state index >= 15 is 0 Å². The minimum Gasteiger partial charge on any atom is -0.339 e. The van der Waals surface area contributed by atoms with Gasteiger partial charge in [0.15, 0.2) is 0 Å². The van der Waals surface area contributed by atoms with E-state index in [1.807, 2.05) is 18.7 Å². The van der Waals surface area contributed by atoms with Crippen molar-refractivity contribution in [3.8, 4) is 0 Å². The van der Waals surface area contributed by atoms with Gasteiger partial charge in [-0.2, -0.15) is 0 Å². The average Bonchev–Trinajstić information content (AvgIpc) is 2.11. The highest BCUT2D eigenvalue weighted by molar-refractivity contribution is 5.79. The lowest BCUT2D eigenvalue weighted by molar-refractivity contribution is -0.141. The summed E-state index contributed by atoms with van der Waals surface area (Å²) >= 11 is 0. The molecule has 1 amide bonds. The molecule has 0 aromatic heterocycles. The average molecular weight is 226 g/mol. The second-order valence-corrected chi connectivity index (χ2v) is 5.71. The van der Waals surface area contributed by atoms with E-state index in [4.69, 9.17) is 0 Å². The fourth-order valence-electron chi connectivity index (χ4n) is 1.92. The van der Waals surface area contributed by atoms with Gasteiger partial charge >= 0.3 is 0 Å². The topological polar surface area (TPSA) is 23.6 Å². The Morgan fingerprint density at radius 3 is 2.31 bits per heavy atom. The van der Waals surface area contributed by atoms with Crippen LogP contribution in [0.3, 0.4) is 0 Å². The van der Waals surface area contributed by atoms with Crippen molar-refractivity contribution in [3.63, 3.8) is 0 Å². The van der Waals surface area contributed by atoms with Crippen molar-refractivity contribution in [1.82, 2.24) is 9.80 Å². The molecule has 0 unspecified atom stereocenters. The molecule has 1 saturated heterocycles. The molecule has 0 radical (unpaired) electrons. The normalized spacial score (nSPS) is 17.4. The highest BCUT2D eigenvalue weighted by Gasteiger charge is 2.33. The molecule has 1 rings (SSSR count). The zero-order valence-electron chi connectivity index (χ0n) is 11.4. The van der Waals surface area contributed by atoms with Gasteiger partial charge in [0.05, 0.1) is 0 Å². The maximum Gasteiger partial charge on any atom is 0.225 e. The van der Waals surface area contributed by atoms with Gasteiger partial charge < -0.3 is 4.90 Å². The van der Waals surface area contributed by atoms with Crippen LogP contribution in [0.2, 0.25) is 0 Å². The van der Waals surface area contributed by atoms with Crippen LogP contribution in [-0.4, -0.2) is 48.4 Å². The standard InChI is InChI=1S/C13H26N2O/c1-10(2)6-7-14(5)12-8-15(9-12)13(16)11(3)4/h10-12H,6-9H2,1-5H3. The summed E-state index contributed by atoms with van der Waals surface area (Å²) in [6, 6.07) is 0.585. The summed E-state index contributed by atoms with van der Waals surface area (Å²) < 4.78 is 0. The summed E-state index contributed by atoms with van der Waals surface area (Å²) in [6.45, 7) is 11.4. The van der Waals surface area contributed by atoms with E-state index in [1.165, 1.54) is 6.42 Å². The molecule has 0 N–H and O–H groups in total. The van der Waals surface area contributed by atoms with Gasteiger partial charge in [-0.3, -0.25) is 9.69 Å². The third kappa shape index (κ3) is 3.48. The van der Waals surface area contributed by atoms with Gasteiger partial charge in [-0.25, -0.2) is 0 Å². The van der Waals surface area contributed by atoms with Crippen molar-refractivity contribution in [2.45, 2.75) is 40.2 Å². The zero-order valence-corrected chi connectivity index (χ0v) is 11.4. The Hall–Kier alpha value is -0.570. The fraction of sp³-hybridized carbons (Fsp3) is 0.923. The monoisotopic (exact) mass is 226 g/mol. The Kier molecular flexibility index (Phi) is 4.78. The van der Waals surface area contributed by atoms with Crippen LogP contribution in [0, 0.1) is 11.8 Å². The van der Waals surface area contributed by atoms with Crippen LogP contribution in [0.4, 0.5) is 0 Å². The van der Waals surface area contributed by atoms with E-state index in [0.717, 1.165) is 25.6 Å². The molecule has 0 bridgehead atoms. The van der Waals surface area contributed by atoms with Gasteiger partial charge in [-0.15, -0.1) is 0 Å². The molecule has 0 spiro atoms. The number of hydrogen-bond donors (Lipinski definition) is 0. The first kappa shape index (κ1) is 13.5. The van der Waals surface area contributed by atoms with Gasteiger partial charge in [0.25, 0.3) is 0 Å². The molecule has 1 aliphatic heterocycles. The second kappa shape index (κ2) is 5.67. The number of rotatable bonds is 5. The van der Waals surface area contributed by atoms with Gasteiger partial charge in [0, 0.05) is 25.0 Å². The lowest BCUT2D eigenvalue weighted by Gasteiger charge is -2.45. The van der Waals surface area contributed by atoms with Crippen molar-refractivity contribution in [2.24, 2.45) is 11.8 Å². The smallest absolute Gasteiger partial charge is 0.225 e. The molecule has 1 heterocycles. The summed E-state index contributed by atoms with van der Waals surface area (Å²) in [6.07, 6.45) is 1.24. The Morgan fingerprint density at radius 1 is 1.31 bits per heavy atom. The molecule has 0 saturated carbocycles. The Labute approximate surface area is 99.8 Å². The molecule has 3 heteroatoms. The Bertz CT molecular complexity index is 232. The largest absolute Gasteiger partial charge is 0.339 e. The van der Waals surface area contributed by atoms with Crippen molar-refractivity contribution in [2.75, 3.05) is 26.7 Å². The number of carbonyl (C=O) groups is 1. The fourth-order valence-corrected chi connectivity index (χ4v) is 1.92. The molecule has 0 atom stereocenters. The van der Waals surface area contributed by atoms with Crippen LogP contribution < -0.4 is 0 Å². The molecule has 0 aromatic rings.